The van der Waals surface area contributed by atoms with Crippen LogP contribution in [0.15, 0.2) is 0 Å². The molecule has 0 aliphatic carbocycles. The summed E-state index contributed by atoms with van der Waals surface area (Å²) >= 11 is 3.45. The van der Waals surface area contributed by atoms with Gasteiger partial charge >= 0.3 is 8.80 Å². The molecule has 0 aromatic rings. The van der Waals surface area contributed by atoms with Gasteiger partial charge in [0.15, 0.2) is 0 Å². The van der Waals surface area contributed by atoms with E-state index in [1.165, 1.54) is 12.8 Å². The van der Waals surface area contributed by atoms with Gasteiger partial charge in [-0.15, -0.1) is 0 Å². The van der Waals surface area contributed by atoms with E-state index >= 15 is 0 Å². The van der Waals surface area contributed by atoms with Crippen LogP contribution < -0.4 is 5.48 Å². The summed E-state index contributed by atoms with van der Waals surface area (Å²) in [5.74, 6) is 0.653. The molecule has 0 aromatic carbocycles. The zero-order valence-electron chi connectivity index (χ0n) is 11.5. The smallest absolute Gasteiger partial charge is 0.373 e. The first-order chi connectivity index (χ1) is 8.76. The zero-order chi connectivity index (χ0) is 13.3. The molecular formula is C12H26BrNO3Si. The molecule has 4 nitrogen and oxygen atoms in total. The van der Waals surface area contributed by atoms with E-state index in [0.29, 0.717) is 12.5 Å². The molecule has 1 rings (SSSR count). The van der Waals surface area contributed by atoms with E-state index in [1.807, 2.05) is 6.92 Å². The molecule has 1 aliphatic rings. The van der Waals surface area contributed by atoms with E-state index in [-0.39, 0.29) is 0 Å². The van der Waals surface area contributed by atoms with Crippen LogP contribution in [0, 0.1) is 5.92 Å². The fourth-order valence-corrected chi connectivity index (χ4v) is 5.38. The Morgan fingerprint density at radius 1 is 1.44 bits per heavy atom. The minimum absolute atomic E-state index is 0.647. The fourth-order valence-electron chi connectivity index (χ4n) is 2.21. The summed E-state index contributed by atoms with van der Waals surface area (Å²) in [6.45, 7) is 6.53. The number of nitrogens with one attached hydrogen (secondary N) is 1. The summed E-state index contributed by atoms with van der Waals surface area (Å²) in [4.78, 5) is 0. The second-order valence-electron chi connectivity index (χ2n) is 4.65. The third-order valence-electron chi connectivity index (χ3n) is 3.13. The molecule has 2 atom stereocenters. The zero-order valence-corrected chi connectivity index (χ0v) is 14.1. The van der Waals surface area contributed by atoms with Gasteiger partial charge in [0.1, 0.15) is 0 Å². The first-order valence-electron chi connectivity index (χ1n) is 7.01. The van der Waals surface area contributed by atoms with Crippen molar-refractivity contribution >= 4 is 24.7 Å². The highest BCUT2D eigenvalue weighted by molar-refractivity contribution is 9.09. The maximum Gasteiger partial charge on any atom is 0.517 e. The van der Waals surface area contributed by atoms with Crippen molar-refractivity contribution < 1.29 is 13.4 Å². The summed E-state index contributed by atoms with van der Waals surface area (Å²) in [5, 5.41) is 0.958. The topological polar surface area (TPSA) is 39.7 Å². The van der Waals surface area contributed by atoms with Gasteiger partial charge in [-0.25, -0.2) is 5.48 Å². The van der Waals surface area contributed by atoms with E-state index in [4.69, 9.17) is 13.4 Å². The van der Waals surface area contributed by atoms with Crippen LogP contribution in [0.3, 0.4) is 0 Å². The molecule has 0 spiro atoms. The maximum atomic E-state index is 6.00. The highest BCUT2D eigenvalue weighted by atomic mass is 79.9. The van der Waals surface area contributed by atoms with Gasteiger partial charge in [0.25, 0.3) is 0 Å². The van der Waals surface area contributed by atoms with Crippen molar-refractivity contribution in [1.29, 1.82) is 0 Å². The van der Waals surface area contributed by atoms with Crippen LogP contribution in [0.2, 0.25) is 6.04 Å². The number of hydroxylamine groups is 1. The Hall–Kier alpha value is 0.537. The van der Waals surface area contributed by atoms with Crippen molar-refractivity contribution in [1.82, 2.24) is 5.48 Å². The third-order valence-corrected chi connectivity index (χ3v) is 6.48. The molecule has 1 aliphatic heterocycles. The van der Waals surface area contributed by atoms with Crippen LogP contribution in [0.25, 0.3) is 0 Å². The lowest BCUT2D eigenvalue weighted by atomic mass is 10.0. The van der Waals surface area contributed by atoms with Crippen LogP contribution >= 0.6 is 15.9 Å². The lowest BCUT2D eigenvalue weighted by Gasteiger charge is -2.32. The van der Waals surface area contributed by atoms with E-state index in [1.54, 1.807) is 0 Å². The first-order valence-corrected chi connectivity index (χ1v) is 10.1. The Kier molecular flexibility index (Phi) is 8.70. The largest absolute Gasteiger partial charge is 0.517 e. The monoisotopic (exact) mass is 339 g/mol. The van der Waals surface area contributed by atoms with Gasteiger partial charge in [0.2, 0.25) is 0 Å². The van der Waals surface area contributed by atoms with Gasteiger partial charge in [-0.2, -0.15) is 0 Å². The second kappa shape index (κ2) is 9.44. The SMILES string of the molecule is CCCC1CCO[Si](CCCBr)(OCC)ONC1. The first kappa shape index (κ1) is 16.6. The van der Waals surface area contributed by atoms with Gasteiger partial charge in [-0.1, -0.05) is 29.3 Å². The van der Waals surface area contributed by atoms with Gasteiger partial charge in [0.05, 0.1) is 0 Å². The van der Waals surface area contributed by atoms with E-state index in [0.717, 1.165) is 37.4 Å². The Bertz CT molecular complexity index is 211. The third kappa shape index (κ3) is 5.67. The molecular weight excluding hydrogens is 314 g/mol. The van der Waals surface area contributed by atoms with Gasteiger partial charge < -0.3 is 8.85 Å². The van der Waals surface area contributed by atoms with E-state index in [2.05, 4.69) is 28.3 Å². The normalized spacial score (nSPS) is 29.8. The quantitative estimate of drug-likeness (QED) is 0.571. The second-order valence-corrected chi connectivity index (χ2v) is 8.09. The molecule has 2 unspecified atom stereocenters. The molecule has 6 heteroatoms. The summed E-state index contributed by atoms with van der Waals surface area (Å²) in [6.07, 6.45) is 4.56. The Morgan fingerprint density at radius 2 is 2.28 bits per heavy atom. The van der Waals surface area contributed by atoms with Crippen molar-refractivity contribution in [3.63, 3.8) is 0 Å². The summed E-state index contributed by atoms with van der Waals surface area (Å²) in [7, 11) is -2.48. The van der Waals surface area contributed by atoms with E-state index < -0.39 is 8.80 Å². The van der Waals surface area contributed by atoms with Crippen molar-refractivity contribution in [3.8, 4) is 0 Å². The number of hydrogen-bond donors (Lipinski definition) is 1. The summed E-state index contributed by atoms with van der Waals surface area (Å²) in [5.41, 5.74) is 3.10. The lowest BCUT2D eigenvalue weighted by Crippen LogP contribution is -2.52. The molecule has 1 fully saturated rings. The Balaban J connectivity index is 2.48. The van der Waals surface area contributed by atoms with Crippen molar-refractivity contribution in [3.05, 3.63) is 0 Å². The van der Waals surface area contributed by atoms with Gasteiger partial charge in [-0.3, -0.25) is 4.53 Å². The number of halogens is 1. The molecule has 0 amide bonds. The molecule has 1 saturated heterocycles. The van der Waals surface area contributed by atoms with Crippen LogP contribution in [-0.2, 0) is 13.4 Å². The Labute approximate surface area is 120 Å². The number of hydrogen-bond acceptors (Lipinski definition) is 4. The predicted octanol–water partition coefficient (Wildman–Crippen LogP) is 3.10. The molecule has 1 heterocycles. The highest BCUT2D eigenvalue weighted by Crippen LogP contribution is 2.22. The fraction of sp³-hybridized carbons (Fsp3) is 1.00. The van der Waals surface area contributed by atoms with Crippen molar-refractivity contribution in [2.45, 2.75) is 45.6 Å². The molecule has 0 bridgehead atoms. The van der Waals surface area contributed by atoms with Gasteiger partial charge in [-0.05, 0) is 32.1 Å². The molecule has 0 saturated carbocycles. The van der Waals surface area contributed by atoms with Crippen LogP contribution in [0.5, 0.6) is 0 Å². The maximum absolute atomic E-state index is 6.00. The highest BCUT2D eigenvalue weighted by Gasteiger charge is 2.42. The van der Waals surface area contributed by atoms with Crippen LogP contribution in [0.4, 0.5) is 0 Å². The average Bonchev–Trinajstić information content (AvgIpc) is 2.34. The van der Waals surface area contributed by atoms with Gasteiger partial charge in [0, 0.05) is 31.1 Å². The summed E-state index contributed by atoms with van der Waals surface area (Å²) < 4.78 is 17.6. The Morgan fingerprint density at radius 3 is 2.94 bits per heavy atom. The predicted molar refractivity (Wildman–Crippen MR) is 78.7 cm³/mol. The van der Waals surface area contributed by atoms with Crippen molar-refractivity contribution in [2.75, 3.05) is 25.1 Å². The lowest BCUT2D eigenvalue weighted by molar-refractivity contribution is -0.00138. The number of rotatable bonds is 7. The molecule has 1 N–H and O–H groups in total. The minimum Gasteiger partial charge on any atom is -0.373 e. The molecule has 0 aromatic heterocycles. The van der Waals surface area contributed by atoms with E-state index in [9.17, 15) is 0 Å². The van der Waals surface area contributed by atoms with Crippen LogP contribution in [-0.4, -0.2) is 33.9 Å². The molecule has 0 radical (unpaired) electrons. The average molecular weight is 340 g/mol. The molecule has 18 heavy (non-hydrogen) atoms. The minimum atomic E-state index is -2.48. The molecule has 108 valence electrons. The van der Waals surface area contributed by atoms with Crippen molar-refractivity contribution in [2.24, 2.45) is 5.92 Å². The number of alkyl halides is 1. The summed E-state index contributed by atoms with van der Waals surface area (Å²) in [6, 6.07) is 0.873. The standard InChI is InChI=1S/C12H26BrNO3Si/c1-3-6-12-7-9-16-18(15-4-2,10-5-8-13)17-14-11-12/h12,14H,3-11H2,1-2H3. The van der Waals surface area contributed by atoms with Crippen LogP contribution in [0.1, 0.15) is 39.5 Å².